The number of carbonyl (C=O) groups is 2. The lowest BCUT2D eigenvalue weighted by atomic mass is 9.92. The van der Waals surface area contributed by atoms with Crippen LogP contribution >= 0.6 is 0 Å². The number of hydrogen-bond acceptors (Lipinski definition) is 4. The Hall–Kier alpha value is -2.08. The van der Waals surface area contributed by atoms with Crippen LogP contribution in [0.5, 0.6) is 5.75 Å². The minimum absolute atomic E-state index is 0.0469. The van der Waals surface area contributed by atoms with Crippen LogP contribution in [0.4, 0.5) is 5.69 Å². The van der Waals surface area contributed by atoms with Crippen LogP contribution < -0.4 is 15.0 Å². The van der Waals surface area contributed by atoms with Crippen LogP contribution in [-0.4, -0.2) is 56.0 Å². The quantitative estimate of drug-likeness (QED) is 0.898. The first-order chi connectivity index (χ1) is 12.2. The Bertz CT molecular complexity index is 649. The maximum absolute atomic E-state index is 12.7. The van der Waals surface area contributed by atoms with Gasteiger partial charge in [-0.3, -0.25) is 9.59 Å². The fourth-order valence-electron chi connectivity index (χ4n) is 4.23. The molecule has 0 aromatic heterocycles. The second-order valence-electron chi connectivity index (χ2n) is 7.19. The number of rotatable bonds is 3. The molecule has 6 nitrogen and oxygen atoms in total. The fraction of sp³-hybridized carbons (Fsp3) is 0.579. The summed E-state index contributed by atoms with van der Waals surface area (Å²) in [6, 6.07) is 7.51. The molecule has 0 aliphatic carbocycles. The van der Waals surface area contributed by atoms with Crippen molar-refractivity contribution < 1.29 is 14.3 Å². The van der Waals surface area contributed by atoms with Crippen LogP contribution in [0.1, 0.15) is 19.3 Å². The van der Waals surface area contributed by atoms with E-state index in [9.17, 15) is 9.59 Å². The number of fused-ring (bicyclic) bond motifs is 2. The topological polar surface area (TPSA) is 61.9 Å². The molecule has 0 unspecified atom stereocenters. The Balaban J connectivity index is 1.36. The molecule has 2 fully saturated rings. The molecule has 0 bridgehead atoms. The van der Waals surface area contributed by atoms with Crippen LogP contribution in [0.2, 0.25) is 0 Å². The first-order valence-electron chi connectivity index (χ1n) is 9.23. The molecule has 2 saturated heterocycles. The largest absolute Gasteiger partial charge is 0.482 e. The van der Waals surface area contributed by atoms with Crippen molar-refractivity contribution >= 4 is 17.5 Å². The van der Waals surface area contributed by atoms with Gasteiger partial charge in [0.15, 0.2) is 6.61 Å². The van der Waals surface area contributed by atoms with Gasteiger partial charge in [0.1, 0.15) is 5.75 Å². The summed E-state index contributed by atoms with van der Waals surface area (Å²) in [5, 5.41) is 3.46. The zero-order valence-corrected chi connectivity index (χ0v) is 14.4. The third-order valence-corrected chi connectivity index (χ3v) is 5.73. The van der Waals surface area contributed by atoms with Crippen LogP contribution in [0, 0.1) is 11.8 Å². The highest BCUT2D eigenvalue weighted by molar-refractivity contribution is 5.98. The zero-order valence-electron chi connectivity index (χ0n) is 14.4. The Kier molecular flexibility index (Phi) is 4.61. The van der Waals surface area contributed by atoms with E-state index in [1.165, 1.54) is 0 Å². The van der Waals surface area contributed by atoms with Gasteiger partial charge in [-0.2, -0.15) is 0 Å². The number of ether oxygens (including phenoxy) is 1. The van der Waals surface area contributed by atoms with Crippen molar-refractivity contribution in [2.45, 2.75) is 19.3 Å². The smallest absolute Gasteiger partial charge is 0.265 e. The van der Waals surface area contributed by atoms with E-state index in [0.717, 1.165) is 44.7 Å². The summed E-state index contributed by atoms with van der Waals surface area (Å²) in [5.74, 6) is 2.22. The van der Waals surface area contributed by atoms with Gasteiger partial charge in [0.2, 0.25) is 5.91 Å². The fourth-order valence-corrected chi connectivity index (χ4v) is 4.23. The molecule has 3 aliphatic heterocycles. The average molecular weight is 343 g/mol. The van der Waals surface area contributed by atoms with Crippen molar-refractivity contribution in [2.24, 2.45) is 11.8 Å². The zero-order chi connectivity index (χ0) is 17.2. The van der Waals surface area contributed by atoms with Crippen LogP contribution in [0.3, 0.4) is 0 Å². The Labute approximate surface area is 148 Å². The van der Waals surface area contributed by atoms with Gasteiger partial charge < -0.3 is 19.9 Å². The summed E-state index contributed by atoms with van der Waals surface area (Å²) in [6.45, 7) is 4.33. The predicted octanol–water partition coefficient (Wildman–Crippen LogP) is 1.26. The van der Waals surface area contributed by atoms with Crippen LogP contribution in [0.25, 0.3) is 0 Å². The second kappa shape index (κ2) is 7.04. The summed E-state index contributed by atoms with van der Waals surface area (Å²) in [7, 11) is 0. The van der Waals surface area contributed by atoms with Gasteiger partial charge in [0.05, 0.1) is 5.69 Å². The number of amides is 2. The molecule has 2 amide bonds. The third-order valence-electron chi connectivity index (χ3n) is 5.73. The molecule has 25 heavy (non-hydrogen) atoms. The molecule has 1 aromatic carbocycles. The van der Waals surface area contributed by atoms with Gasteiger partial charge in [-0.25, -0.2) is 0 Å². The number of likely N-dealkylation sites (tertiary alicyclic amines) is 1. The van der Waals surface area contributed by atoms with Gasteiger partial charge in [-0.15, -0.1) is 0 Å². The summed E-state index contributed by atoms with van der Waals surface area (Å²) in [6.07, 6.45) is 2.54. The molecular formula is C19H25N3O3. The van der Waals surface area contributed by atoms with Crippen molar-refractivity contribution in [3.05, 3.63) is 24.3 Å². The Morgan fingerprint density at radius 1 is 1.16 bits per heavy atom. The molecule has 1 N–H and O–H groups in total. The number of para-hydroxylation sites is 2. The minimum atomic E-state index is -0.0806. The van der Waals surface area contributed by atoms with Gasteiger partial charge in [0, 0.05) is 26.1 Å². The molecule has 3 heterocycles. The lowest BCUT2D eigenvalue weighted by Crippen LogP contribution is -2.42. The van der Waals surface area contributed by atoms with Crippen molar-refractivity contribution in [3.8, 4) is 5.75 Å². The van der Waals surface area contributed by atoms with Gasteiger partial charge in [0.25, 0.3) is 5.91 Å². The molecular weight excluding hydrogens is 318 g/mol. The Morgan fingerprint density at radius 3 is 2.64 bits per heavy atom. The van der Waals surface area contributed by atoms with Crippen molar-refractivity contribution in [1.82, 2.24) is 10.2 Å². The van der Waals surface area contributed by atoms with E-state index in [-0.39, 0.29) is 18.4 Å². The van der Waals surface area contributed by atoms with Crippen LogP contribution in [0.15, 0.2) is 24.3 Å². The number of hydrogen-bond donors (Lipinski definition) is 1. The molecule has 0 radical (unpaired) electrons. The monoisotopic (exact) mass is 343 g/mol. The molecule has 134 valence electrons. The van der Waals surface area contributed by atoms with Crippen molar-refractivity contribution in [3.63, 3.8) is 0 Å². The van der Waals surface area contributed by atoms with Crippen molar-refractivity contribution in [2.75, 3.05) is 44.2 Å². The van der Waals surface area contributed by atoms with E-state index in [4.69, 9.17) is 4.74 Å². The number of benzene rings is 1. The van der Waals surface area contributed by atoms with E-state index in [2.05, 4.69) is 5.32 Å². The summed E-state index contributed by atoms with van der Waals surface area (Å²) in [4.78, 5) is 28.6. The lowest BCUT2D eigenvalue weighted by Gasteiger charge is -2.30. The van der Waals surface area contributed by atoms with E-state index in [1.807, 2.05) is 29.2 Å². The molecule has 2 atom stereocenters. The third kappa shape index (κ3) is 3.35. The molecule has 0 saturated carbocycles. The van der Waals surface area contributed by atoms with E-state index >= 15 is 0 Å². The minimum Gasteiger partial charge on any atom is -0.482 e. The SMILES string of the molecule is O=C(CCN1C(=O)COc2ccccc21)N1CC[C@@H]2CNC[C@@H]2CC1. The highest BCUT2D eigenvalue weighted by Crippen LogP contribution is 2.32. The molecule has 3 aliphatic rings. The summed E-state index contributed by atoms with van der Waals surface area (Å²) in [5.41, 5.74) is 0.767. The summed E-state index contributed by atoms with van der Waals surface area (Å²) < 4.78 is 5.46. The maximum atomic E-state index is 12.7. The first-order valence-corrected chi connectivity index (χ1v) is 9.23. The maximum Gasteiger partial charge on any atom is 0.265 e. The van der Waals surface area contributed by atoms with Gasteiger partial charge >= 0.3 is 0 Å². The Morgan fingerprint density at radius 2 is 1.88 bits per heavy atom. The number of carbonyl (C=O) groups excluding carboxylic acids is 2. The molecule has 1 aromatic rings. The standard InChI is InChI=1S/C19H25N3O3/c23-18(21-8-5-14-11-20-12-15(14)6-9-21)7-10-22-16-3-1-2-4-17(16)25-13-19(22)24/h1-4,14-15,20H,5-13H2/t14-,15+. The molecule has 0 spiro atoms. The molecule has 6 heteroatoms. The average Bonchev–Trinajstić information content (AvgIpc) is 2.99. The first kappa shape index (κ1) is 16.4. The highest BCUT2D eigenvalue weighted by atomic mass is 16.5. The van der Waals surface area contributed by atoms with Gasteiger partial charge in [-0.1, -0.05) is 12.1 Å². The van der Waals surface area contributed by atoms with Gasteiger partial charge in [-0.05, 0) is 49.9 Å². The summed E-state index contributed by atoms with van der Waals surface area (Å²) >= 11 is 0. The number of nitrogens with zero attached hydrogens (tertiary/aromatic N) is 2. The van der Waals surface area contributed by atoms with E-state index in [1.54, 1.807) is 4.90 Å². The lowest BCUT2D eigenvalue weighted by molar-refractivity contribution is -0.131. The highest BCUT2D eigenvalue weighted by Gasteiger charge is 2.32. The molecule has 4 rings (SSSR count). The second-order valence-corrected chi connectivity index (χ2v) is 7.19. The normalized spacial score (nSPS) is 25.8. The van der Waals surface area contributed by atoms with E-state index in [0.29, 0.717) is 30.6 Å². The number of nitrogens with one attached hydrogen (secondary N) is 1. The number of anilines is 1. The van der Waals surface area contributed by atoms with Crippen molar-refractivity contribution in [1.29, 1.82) is 0 Å². The predicted molar refractivity (Wildman–Crippen MR) is 94.6 cm³/mol. The van der Waals surface area contributed by atoms with Crippen LogP contribution in [-0.2, 0) is 9.59 Å². The van der Waals surface area contributed by atoms with E-state index < -0.39 is 0 Å².